The summed E-state index contributed by atoms with van der Waals surface area (Å²) in [6.45, 7) is 1.92. The molecule has 0 aliphatic heterocycles. The number of carbonyl (C=O) groups excluding carboxylic acids is 1. The van der Waals surface area contributed by atoms with Crippen molar-refractivity contribution in [3.63, 3.8) is 0 Å². The smallest absolute Gasteiger partial charge is 0.150 e. The fourth-order valence-corrected chi connectivity index (χ4v) is 2.13. The average Bonchev–Trinajstić information content (AvgIpc) is 2.24. The number of rotatable bonds is 4. The second kappa shape index (κ2) is 4.15. The number of nitrogens with one attached hydrogen (secondary N) is 1. The molecule has 0 aromatic heterocycles. The molecule has 1 aliphatic rings. The Kier molecular flexibility index (Phi) is 2.87. The molecule has 0 spiro atoms. The van der Waals surface area contributed by atoms with E-state index >= 15 is 0 Å². The van der Waals surface area contributed by atoms with Crippen LogP contribution in [0.3, 0.4) is 0 Å². The van der Waals surface area contributed by atoms with Crippen LogP contribution in [0.4, 0.5) is 0 Å². The molecule has 1 aliphatic carbocycles. The summed E-state index contributed by atoms with van der Waals surface area (Å²) in [7, 11) is 1.83. The maximum absolute atomic E-state index is 11.7. The number of likely N-dealkylation sites (N-methyl/N-ethyl adjacent to an activating group) is 1. The van der Waals surface area contributed by atoms with Crippen LogP contribution in [0.2, 0.25) is 0 Å². The minimum atomic E-state index is -0.0160. The lowest BCUT2D eigenvalue weighted by molar-refractivity contribution is -0.121. The highest BCUT2D eigenvalue weighted by Crippen LogP contribution is 2.37. The normalized spacial score (nSPS) is 20.3. The lowest BCUT2D eigenvalue weighted by Gasteiger charge is -2.30. The van der Waals surface area contributed by atoms with E-state index in [1.54, 1.807) is 0 Å². The van der Waals surface area contributed by atoms with Crippen molar-refractivity contribution in [3.05, 3.63) is 35.4 Å². The van der Waals surface area contributed by atoms with Crippen LogP contribution in [-0.4, -0.2) is 18.9 Å². The number of benzene rings is 1. The maximum atomic E-state index is 11.7. The van der Waals surface area contributed by atoms with Crippen molar-refractivity contribution in [3.8, 4) is 0 Å². The Morgan fingerprint density at radius 1 is 1.53 bits per heavy atom. The monoisotopic (exact) mass is 203 g/mol. The quantitative estimate of drug-likeness (QED) is 0.809. The molecule has 0 heterocycles. The lowest BCUT2D eigenvalue weighted by Crippen LogP contribution is -2.33. The first kappa shape index (κ1) is 10.4. The molecule has 0 saturated carbocycles. The van der Waals surface area contributed by atoms with Crippen LogP contribution in [0.15, 0.2) is 24.3 Å². The van der Waals surface area contributed by atoms with Crippen molar-refractivity contribution < 1.29 is 4.79 Å². The molecule has 0 bridgehead atoms. The molecule has 2 atom stereocenters. The highest BCUT2D eigenvalue weighted by Gasteiger charge is 2.28. The zero-order valence-electron chi connectivity index (χ0n) is 9.29. The van der Waals surface area contributed by atoms with E-state index in [1.807, 2.05) is 14.0 Å². The molecule has 0 amide bonds. The van der Waals surface area contributed by atoms with E-state index in [-0.39, 0.29) is 6.04 Å². The Morgan fingerprint density at radius 2 is 2.27 bits per heavy atom. The van der Waals surface area contributed by atoms with E-state index in [9.17, 15) is 4.79 Å². The third-order valence-electron chi connectivity index (χ3n) is 3.32. The third-order valence-corrected chi connectivity index (χ3v) is 3.32. The average molecular weight is 203 g/mol. The minimum Gasteiger partial charge on any atom is -0.311 e. The molecule has 2 nitrogen and oxygen atoms in total. The van der Waals surface area contributed by atoms with Crippen molar-refractivity contribution in [2.24, 2.45) is 0 Å². The van der Waals surface area contributed by atoms with Gasteiger partial charge >= 0.3 is 0 Å². The Bertz CT molecular complexity index is 373. The molecule has 80 valence electrons. The van der Waals surface area contributed by atoms with E-state index in [2.05, 4.69) is 29.6 Å². The fourth-order valence-electron chi connectivity index (χ4n) is 2.13. The Morgan fingerprint density at radius 3 is 2.93 bits per heavy atom. The first-order chi connectivity index (χ1) is 7.22. The molecule has 2 rings (SSSR count). The molecule has 0 fully saturated rings. The molecule has 15 heavy (non-hydrogen) atoms. The lowest BCUT2D eigenvalue weighted by atomic mass is 9.74. The van der Waals surface area contributed by atoms with Crippen LogP contribution >= 0.6 is 0 Å². The van der Waals surface area contributed by atoms with Crippen molar-refractivity contribution >= 4 is 5.78 Å². The molecular weight excluding hydrogens is 186 g/mol. The van der Waals surface area contributed by atoms with Gasteiger partial charge in [0.05, 0.1) is 6.04 Å². The summed E-state index contributed by atoms with van der Waals surface area (Å²) >= 11 is 0. The second-order valence-corrected chi connectivity index (χ2v) is 4.28. The van der Waals surface area contributed by atoms with Crippen molar-refractivity contribution in [1.29, 1.82) is 0 Å². The van der Waals surface area contributed by atoms with Gasteiger partial charge in [0.25, 0.3) is 0 Å². The Balaban J connectivity index is 1.98. The van der Waals surface area contributed by atoms with Gasteiger partial charge in [-0.2, -0.15) is 0 Å². The highest BCUT2D eigenvalue weighted by molar-refractivity contribution is 5.84. The van der Waals surface area contributed by atoms with Gasteiger partial charge in [-0.1, -0.05) is 24.3 Å². The van der Waals surface area contributed by atoms with Gasteiger partial charge in [-0.3, -0.25) is 4.79 Å². The van der Waals surface area contributed by atoms with Gasteiger partial charge in [-0.15, -0.1) is 0 Å². The molecule has 1 N–H and O–H groups in total. The number of Topliss-reactive ketones (excluding diaryl/α,β-unsaturated/α-hetero) is 1. The molecule has 2 unspecified atom stereocenters. The van der Waals surface area contributed by atoms with E-state index in [4.69, 9.17) is 0 Å². The number of hydrogen-bond donors (Lipinski definition) is 1. The van der Waals surface area contributed by atoms with Crippen LogP contribution in [0.5, 0.6) is 0 Å². The Labute approximate surface area is 90.7 Å². The van der Waals surface area contributed by atoms with E-state index in [0.29, 0.717) is 18.1 Å². The number of hydrogen-bond acceptors (Lipinski definition) is 2. The summed E-state index contributed by atoms with van der Waals surface area (Å²) in [5, 5.41) is 2.99. The molecule has 0 saturated heterocycles. The fraction of sp³-hybridized carbons (Fsp3) is 0.462. The Hall–Kier alpha value is -1.15. The number of ketones is 1. The molecule has 0 radical (unpaired) electrons. The van der Waals surface area contributed by atoms with Crippen LogP contribution in [0.25, 0.3) is 0 Å². The van der Waals surface area contributed by atoms with Crippen LogP contribution < -0.4 is 5.32 Å². The zero-order valence-corrected chi connectivity index (χ0v) is 9.29. The summed E-state index contributed by atoms with van der Waals surface area (Å²) in [6.07, 6.45) is 1.75. The first-order valence-corrected chi connectivity index (χ1v) is 5.50. The minimum absolute atomic E-state index is 0.0160. The van der Waals surface area contributed by atoms with Crippen LogP contribution in [-0.2, 0) is 11.2 Å². The van der Waals surface area contributed by atoms with E-state index in [1.165, 1.54) is 11.1 Å². The maximum Gasteiger partial charge on any atom is 0.150 e. The summed E-state index contributed by atoms with van der Waals surface area (Å²) in [6, 6.07) is 8.39. The van der Waals surface area contributed by atoms with Gasteiger partial charge in [0.15, 0.2) is 0 Å². The summed E-state index contributed by atoms with van der Waals surface area (Å²) < 4.78 is 0. The highest BCUT2D eigenvalue weighted by atomic mass is 16.1. The van der Waals surface area contributed by atoms with Crippen LogP contribution in [0, 0.1) is 0 Å². The van der Waals surface area contributed by atoms with Gasteiger partial charge < -0.3 is 5.32 Å². The first-order valence-electron chi connectivity index (χ1n) is 5.50. The molecular formula is C13H17NO. The third kappa shape index (κ3) is 1.95. The molecule has 1 aromatic rings. The van der Waals surface area contributed by atoms with Crippen molar-refractivity contribution in [2.75, 3.05) is 7.05 Å². The van der Waals surface area contributed by atoms with E-state index < -0.39 is 0 Å². The topological polar surface area (TPSA) is 29.1 Å². The number of fused-ring (bicyclic) bond motifs is 1. The van der Waals surface area contributed by atoms with Gasteiger partial charge in [-0.05, 0) is 37.4 Å². The summed E-state index contributed by atoms with van der Waals surface area (Å²) in [5.41, 5.74) is 2.78. The standard InChI is InChI=1S/C13H17NO/c1-9(14-2)13(15)8-11-7-10-5-3-4-6-12(10)11/h3-6,9,11,14H,7-8H2,1-2H3. The summed E-state index contributed by atoms with van der Waals surface area (Å²) in [4.78, 5) is 11.7. The molecule has 1 aromatic carbocycles. The predicted octanol–water partition coefficient (Wildman–Crippen LogP) is 1.89. The SMILES string of the molecule is CNC(C)C(=O)CC1Cc2ccccc21. The van der Waals surface area contributed by atoms with E-state index in [0.717, 1.165) is 6.42 Å². The van der Waals surface area contributed by atoms with Crippen molar-refractivity contribution in [2.45, 2.75) is 31.7 Å². The van der Waals surface area contributed by atoms with Crippen LogP contribution in [0.1, 0.15) is 30.4 Å². The van der Waals surface area contributed by atoms with Gasteiger partial charge in [0.1, 0.15) is 5.78 Å². The van der Waals surface area contributed by atoms with Gasteiger partial charge in [-0.25, -0.2) is 0 Å². The van der Waals surface area contributed by atoms with Crippen molar-refractivity contribution in [1.82, 2.24) is 5.32 Å². The molecule has 2 heteroatoms. The largest absolute Gasteiger partial charge is 0.311 e. The second-order valence-electron chi connectivity index (χ2n) is 4.28. The van der Waals surface area contributed by atoms with Gasteiger partial charge in [0.2, 0.25) is 0 Å². The summed E-state index contributed by atoms with van der Waals surface area (Å²) in [5.74, 6) is 0.779. The predicted molar refractivity (Wildman–Crippen MR) is 61.0 cm³/mol. The number of carbonyl (C=O) groups is 1. The zero-order chi connectivity index (χ0) is 10.8. The van der Waals surface area contributed by atoms with Gasteiger partial charge in [0, 0.05) is 6.42 Å².